The van der Waals surface area contributed by atoms with Gasteiger partial charge >= 0.3 is 0 Å². The Morgan fingerprint density at radius 1 is 1.16 bits per heavy atom. The molecule has 7 heteroatoms. The Hall–Kier alpha value is -1.03. The summed E-state index contributed by atoms with van der Waals surface area (Å²) in [5.74, 6) is -1.37. The second-order valence-corrected chi connectivity index (χ2v) is 9.18. The van der Waals surface area contributed by atoms with Crippen LogP contribution in [0.4, 0.5) is 5.69 Å². The average molecular weight is 402 g/mol. The number of hydrogen-bond donors (Lipinski definition) is 1. The lowest BCUT2D eigenvalue weighted by Gasteiger charge is -2.25. The van der Waals surface area contributed by atoms with Crippen molar-refractivity contribution in [2.24, 2.45) is 0 Å². The quantitative estimate of drug-likeness (QED) is 0.657. The molecule has 0 aliphatic rings. The first-order valence-corrected chi connectivity index (χ1v) is 10.4. The molecule has 0 radical (unpaired) electrons. The van der Waals surface area contributed by atoms with Gasteiger partial charge < -0.3 is 14.5 Å². The van der Waals surface area contributed by atoms with E-state index in [2.05, 4.69) is 0 Å². The summed E-state index contributed by atoms with van der Waals surface area (Å²) >= 11 is 12.1. The summed E-state index contributed by atoms with van der Waals surface area (Å²) in [4.78, 5) is 1.94. The maximum atomic E-state index is 13.6. The summed E-state index contributed by atoms with van der Waals surface area (Å²) < 4.78 is 19.3. The fourth-order valence-electron chi connectivity index (χ4n) is 2.37. The lowest BCUT2D eigenvalue weighted by molar-refractivity contribution is 0.214. The van der Waals surface area contributed by atoms with Gasteiger partial charge in [0.1, 0.15) is 0 Å². The molecule has 0 saturated carbocycles. The van der Waals surface area contributed by atoms with Crippen LogP contribution in [-0.4, -0.2) is 25.8 Å². The molecule has 0 spiro atoms. The second kappa shape index (κ2) is 8.57. The minimum atomic E-state index is -3.58. The molecule has 0 fully saturated rings. The van der Waals surface area contributed by atoms with Crippen molar-refractivity contribution in [1.82, 2.24) is 0 Å². The van der Waals surface area contributed by atoms with Crippen LogP contribution >= 0.6 is 30.6 Å². The molecule has 0 heterocycles. The Morgan fingerprint density at radius 3 is 2.32 bits per heavy atom. The summed E-state index contributed by atoms with van der Waals surface area (Å²) in [6.45, 7) is 2.19. The Morgan fingerprint density at radius 2 is 1.80 bits per heavy atom. The molecular formula is C18H22Cl2NO3P. The number of rotatable bonds is 7. The van der Waals surface area contributed by atoms with E-state index in [1.807, 2.05) is 38.1 Å². The van der Waals surface area contributed by atoms with Crippen molar-refractivity contribution >= 4 is 41.6 Å². The molecule has 0 aromatic heterocycles. The molecule has 136 valence electrons. The predicted molar refractivity (Wildman–Crippen MR) is 106 cm³/mol. The number of aliphatic hydroxyl groups is 1. The van der Waals surface area contributed by atoms with Crippen molar-refractivity contribution in [3.63, 3.8) is 0 Å². The van der Waals surface area contributed by atoms with Crippen LogP contribution in [-0.2, 0) is 9.09 Å². The maximum Gasteiger partial charge on any atom is 0.264 e. The van der Waals surface area contributed by atoms with Crippen LogP contribution in [0.25, 0.3) is 0 Å². The summed E-state index contributed by atoms with van der Waals surface area (Å²) in [6, 6.07) is 11.8. The van der Waals surface area contributed by atoms with Crippen molar-refractivity contribution in [3.05, 3.63) is 58.1 Å². The summed E-state index contributed by atoms with van der Waals surface area (Å²) in [7, 11) is 0.258. The second-order valence-electron chi connectivity index (χ2n) is 5.88. The van der Waals surface area contributed by atoms with Gasteiger partial charge in [-0.3, -0.25) is 4.57 Å². The number of halogens is 2. The molecule has 2 atom stereocenters. The third-order valence-electron chi connectivity index (χ3n) is 3.78. The van der Waals surface area contributed by atoms with Crippen molar-refractivity contribution < 1.29 is 14.2 Å². The van der Waals surface area contributed by atoms with E-state index in [1.54, 1.807) is 24.3 Å². The Balaban J connectivity index is 2.47. The van der Waals surface area contributed by atoms with Crippen molar-refractivity contribution in [2.75, 3.05) is 25.6 Å². The monoisotopic (exact) mass is 401 g/mol. The molecule has 2 aromatic rings. The zero-order valence-corrected chi connectivity index (χ0v) is 16.9. The zero-order valence-electron chi connectivity index (χ0n) is 14.4. The van der Waals surface area contributed by atoms with E-state index in [0.717, 1.165) is 5.69 Å². The third kappa shape index (κ3) is 4.58. The van der Waals surface area contributed by atoms with Gasteiger partial charge in [0.2, 0.25) is 0 Å². The van der Waals surface area contributed by atoms with E-state index in [9.17, 15) is 9.67 Å². The standard InChI is InChI=1S/C18H22Cl2NO3P/c1-4-11-24-25(23,15-8-6-14(7-9-15)21(2)3)18(22)16-10-5-13(19)12-17(16)20/h5-10,12,18,22H,4,11H2,1-3H3/t18-,25-/m0/s1. The molecular weight excluding hydrogens is 380 g/mol. The molecule has 0 unspecified atom stereocenters. The SMILES string of the molecule is CCCO[P@@](=O)(c1ccc(N(C)C)cc1)[C@H](O)c1ccc(Cl)cc1Cl. The molecule has 2 aromatic carbocycles. The largest absolute Gasteiger partial charge is 0.378 e. The summed E-state index contributed by atoms with van der Waals surface area (Å²) in [5, 5.41) is 12.0. The average Bonchev–Trinajstić information content (AvgIpc) is 2.59. The molecule has 0 amide bonds. The van der Waals surface area contributed by atoms with Crippen LogP contribution in [0.2, 0.25) is 10.0 Å². The Bertz CT molecular complexity index is 765. The van der Waals surface area contributed by atoms with Crippen LogP contribution in [0.15, 0.2) is 42.5 Å². The summed E-state index contributed by atoms with van der Waals surface area (Å²) in [5.41, 5.74) is 1.30. The highest BCUT2D eigenvalue weighted by molar-refractivity contribution is 7.67. The van der Waals surface area contributed by atoms with Crippen LogP contribution in [0.3, 0.4) is 0 Å². The van der Waals surface area contributed by atoms with E-state index in [4.69, 9.17) is 27.7 Å². The molecule has 2 rings (SSSR count). The minimum Gasteiger partial charge on any atom is -0.378 e. The minimum absolute atomic E-state index is 0.255. The first-order valence-electron chi connectivity index (χ1n) is 7.95. The lowest BCUT2D eigenvalue weighted by atomic mass is 10.2. The van der Waals surface area contributed by atoms with Gasteiger partial charge in [-0.25, -0.2) is 0 Å². The summed E-state index contributed by atoms with van der Waals surface area (Å²) in [6.07, 6.45) is 0.681. The van der Waals surface area contributed by atoms with Crippen molar-refractivity contribution in [3.8, 4) is 0 Å². The van der Waals surface area contributed by atoms with Crippen LogP contribution < -0.4 is 10.2 Å². The van der Waals surface area contributed by atoms with Crippen molar-refractivity contribution in [1.29, 1.82) is 0 Å². The van der Waals surface area contributed by atoms with Gasteiger partial charge in [0, 0.05) is 40.7 Å². The lowest BCUT2D eigenvalue weighted by Crippen LogP contribution is -2.16. The van der Waals surface area contributed by atoms with Crippen LogP contribution in [0.1, 0.15) is 24.8 Å². The molecule has 0 bridgehead atoms. The molecule has 1 N–H and O–H groups in total. The van der Waals surface area contributed by atoms with Gasteiger partial charge in [-0.05, 0) is 42.8 Å². The Labute approximate surface area is 158 Å². The number of nitrogens with zero attached hydrogens (tertiary/aromatic N) is 1. The smallest absolute Gasteiger partial charge is 0.264 e. The van der Waals surface area contributed by atoms with Gasteiger partial charge in [-0.15, -0.1) is 0 Å². The van der Waals surface area contributed by atoms with Gasteiger partial charge in [0.25, 0.3) is 7.37 Å². The van der Waals surface area contributed by atoms with E-state index >= 15 is 0 Å². The highest BCUT2D eigenvalue weighted by Gasteiger charge is 2.37. The molecule has 0 aliphatic heterocycles. The molecule has 4 nitrogen and oxygen atoms in total. The third-order valence-corrected chi connectivity index (χ3v) is 6.84. The van der Waals surface area contributed by atoms with Gasteiger partial charge in [0.15, 0.2) is 5.85 Å². The van der Waals surface area contributed by atoms with E-state index in [0.29, 0.717) is 22.3 Å². The highest BCUT2D eigenvalue weighted by Crippen LogP contribution is 2.58. The topological polar surface area (TPSA) is 49.8 Å². The Kier molecular flexibility index (Phi) is 6.95. The fraction of sp³-hybridized carbons (Fsp3) is 0.333. The fourth-order valence-corrected chi connectivity index (χ4v) is 5.14. The number of hydrogen-bond acceptors (Lipinski definition) is 4. The van der Waals surface area contributed by atoms with Gasteiger partial charge in [0.05, 0.1) is 6.61 Å². The highest BCUT2D eigenvalue weighted by atomic mass is 35.5. The number of anilines is 1. The molecule has 0 saturated heterocycles. The molecule has 0 aliphatic carbocycles. The maximum absolute atomic E-state index is 13.6. The molecule has 25 heavy (non-hydrogen) atoms. The van der Waals surface area contributed by atoms with Gasteiger partial charge in [-0.2, -0.15) is 0 Å². The number of benzene rings is 2. The predicted octanol–water partition coefficient (Wildman–Crippen LogP) is 5.08. The first-order chi connectivity index (χ1) is 11.8. The van der Waals surface area contributed by atoms with Crippen LogP contribution in [0.5, 0.6) is 0 Å². The van der Waals surface area contributed by atoms with E-state index in [-0.39, 0.29) is 11.6 Å². The normalized spacial score (nSPS) is 14.8. The van der Waals surface area contributed by atoms with E-state index < -0.39 is 13.2 Å². The van der Waals surface area contributed by atoms with Crippen LogP contribution in [0, 0.1) is 0 Å². The zero-order chi connectivity index (χ0) is 18.6. The number of aliphatic hydroxyl groups excluding tert-OH is 1. The first kappa shape index (κ1) is 20.3. The van der Waals surface area contributed by atoms with Gasteiger partial charge in [-0.1, -0.05) is 36.2 Å². The van der Waals surface area contributed by atoms with Crippen molar-refractivity contribution in [2.45, 2.75) is 19.2 Å². The van der Waals surface area contributed by atoms with E-state index in [1.165, 1.54) is 6.07 Å².